The van der Waals surface area contributed by atoms with Gasteiger partial charge >= 0.3 is 18.2 Å². The van der Waals surface area contributed by atoms with Crippen molar-refractivity contribution in [3.8, 4) is 0 Å². The summed E-state index contributed by atoms with van der Waals surface area (Å²) in [5.41, 5.74) is 0.166. The van der Waals surface area contributed by atoms with Gasteiger partial charge in [-0.15, -0.1) is 0 Å². The topological polar surface area (TPSA) is 107 Å². The highest BCUT2D eigenvalue weighted by Crippen LogP contribution is 2.10. The molecule has 0 saturated heterocycles. The number of hydrogen-bond donors (Lipinski definition) is 1. The largest absolute Gasteiger partial charge is 0.444 e. The highest BCUT2D eigenvalue weighted by molar-refractivity contribution is 5.81. The Hall–Kier alpha value is -2.84. The van der Waals surface area contributed by atoms with Gasteiger partial charge in [-0.1, -0.05) is 19.9 Å². The van der Waals surface area contributed by atoms with Crippen molar-refractivity contribution in [1.82, 2.24) is 15.2 Å². The van der Waals surface area contributed by atoms with Crippen LogP contribution in [0.5, 0.6) is 0 Å². The van der Waals surface area contributed by atoms with Gasteiger partial charge in [0.25, 0.3) is 0 Å². The van der Waals surface area contributed by atoms with E-state index in [0.29, 0.717) is 19.4 Å². The number of carbonyl (C=O) groups is 3. The molecule has 0 radical (unpaired) electrons. The summed E-state index contributed by atoms with van der Waals surface area (Å²) in [5, 5.41) is 2.51. The second-order valence-corrected chi connectivity index (χ2v) is 8.31. The predicted octanol–water partition coefficient (Wildman–Crippen LogP) is 3.13. The van der Waals surface area contributed by atoms with E-state index in [1.165, 1.54) is 4.90 Å². The lowest BCUT2D eigenvalue weighted by atomic mass is 10.0. The number of carbonyl (C=O) groups excluding carboxylic acids is 3. The third-order valence-electron chi connectivity index (χ3n) is 3.81. The van der Waals surface area contributed by atoms with Crippen molar-refractivity contribution in [3.05, 3.63) is 30.1 Å². The summed E-state index contributed by atoms with van der Waals surface area (Å²) in [6.07, 6.45) is 1.28. The molecule has 9 nitrogen and oxygen atoms in total. The van der Waals surface area contributed by atoms with E-state index in [1.807, 2.05) is 32.0 Å². The number of ether oxygens (including phenoxy) is 3. The molecule has 2 amide bonds. The fraction of sp³-hybridized carbons (Fsp3) is 0.619. The number of likely N-dealkylation sites (N-methyl/N-ethyl adjacent to an activating group) is 1. The summed E-state index contributed by atoms with van der Waals surface area (Å²) >= 11 is 0. The normalized spacial score (nSPS) is 12.1. The average molecular weight is 424 g/mol. The molecular weight excluding hydrogens is 390 g/mol. The van der Waals surface area contributed by atoms with Crippen molar-refractivity contribution in [1.29, 1.82) is 0 Å². The van der Waals surface area contributed by atoms with E-state index < -0.39 is 36.6 Å². The van der Waals surface area contributed by atoms with Crippen LogP contribution in [-0.2, 0) is 25.4 Å². The molecule has 1 aromatic heterocycles. The molecule has 0 spiro atoms. The summed E-state index contributed by atoms with van der Waals surface area (Å²) in [6, 6.07) is 4.66. The molecule has 1 atom stereocenters. The summed E-state index contributed by atoms with van der Waals surface area (Å²) in [6.45, 7) is 8.86. The molecule has 168 valence electrons. The van der Waals surface area contributed by atoms with Crippen LogP contribution in [0.1, 0.15) is 46.7 Å². The Balaban J connectivity index is 2.45. The first-order valence-electron chi connectivity index (χ1n) is 9.92. The first-order chi connectivity index (χ1) is 14.0. The third kappa shape index (κ3) is 10.6. The summed E-state index contributed by atoms with van der Waals surface area (Å²) in [5.74, 6) is -0.573. The van der Waals surface area contributed by atoms with Crippen LogP contribution in [0.15, 0.2) is 24.4 Å². The first-order valence-corrected chi connectivity index (χ1v) is 9.92. The number of aromatic nitrogens is 1. The number of nitrogens with zero attached hydrogens (tertiary/aromatic N) is 2. The zero-order valence-corrected chi connectivity index (χ0v) is 18.6. The van der Waals surface area contributed by atoms with E-state index in [4.69, 9.17) is 14.2 Å². The highest BCUT2D eigenvalue weighted by atomic mass is 16.7. The number of nitrogens with one attached hydrogen (secondary N) is 1. The molecule has 9 heteroatoms. The lowest BCUT2D eigenvalue weighted by Crippen LogP contribution is -2.45. The molecule has 0 unspecified atom stereocenters. The minimum Gasteiger partial charge on any atom is -0.444 e. The van der Waals surface area contributed by atoms with E-state index in [1.54, 1.807) is 34.0 Å². The third-order valence-corrected chi connectivity index (χ3v) is 3.81. The van der Waals surface area contributed by atoms with E-state index in [2.05, 4.69) is 10.3 Å². The minimum atomic E-state index is -0.902. The van der Waals surface area contributed by atoms with Gasteiger partial charge in [-0.2, -0.15) is 0 Å². The Morgan fingerprint density at radius 2 is 1.87 bits per heavy atom. The molecule has 1 N–H and O–H groups in total. The SMILES string of the molecule is CC(C)C[C@H](NC(=O)OC(C)(C)C)C(=O)OCOC(=O)N(C)CCc1ccccn1. The van der Waals surface area contributed by atoms with Crippen molar-refractivity contribution in [3.63, 3.8) is 0 Å². The van der Waals surface area contributed by atoms with Gasteiger partial charge in [0.2, 0.25) is 6.79 Å². The number of hydrogen-bond acceptors (Lipinski definition) is 7. The van der Waals surface area contributed by atoms with Gasteiger partial charge in [0.1, 0.15) is 11.6 Å². The number of alkyl carbamates (subject to hydrolysis) is 1. The Morgan fingerprint density at radius 3 is 2.43 bits per heavy atom. The van der Waals surface area contributed by atoms with E-state index in [9.17, 15) is 14.4 Å². The fourth-order valence-corrected chi connectivity index (χ4v) is 2.40. The van der Waals surface area contributed by atoms with Crippen molar-refractivity contribution < 1.29 is 28.6 Å². The van der Waals surface area contributed by atoms with Gasteiger partial charge in [-0.3, -0.25) is 4.98 Å². The quantitative estimate of drug-likeness (QED) is 0.480. The molecule has 1 heterocycles. The molecule has 0 aliphatic rings. The number of pyridine rings is 1. The van der Waals surface area contributed by atoms with Crippen molar-refractivity contribution in [2.24, 2.45) is 5.92 Å². The minimum absolute atomic E-state index is 0.123. The lowest BCUT2D eigenvalue weighted by molar-refractivity contribution is -0.155. The van der Waals surface area contributed by atoms with E-state index >= 15 is 0 Å². The van der Waals surface area contributed by atoms with Crippen LogP contribution in [0, 0.1) is 5.92 Å². The molecule has 1 aromatic rings. The predicted molar refractivity (Wildman–Crippen MR) is 111 cm³/mol. The van der Waals surface area contributed by atoms with Gasteiger partial charge < -0.3 is 24.4 Å². The fourth-order valence-electron chi connectivity index (χ4n) is 2.40. The lowest BCUT2D eigenvalue weighted by Gasteiger charge is -2.23. The van der Waals surface area contributed by atoms with Crippen LogP contribution in [0.25, 0.3) is 0 Å². The summed E-state index contributed by atoms with van der Waals surface area (Å²) in [4.78, 5) is 41.9. The van der Waals surface area contributed by atoms with Crippen LogP contribution in [-0.4, -0.2) is 60.1 Å². The van der Waals surface area contributed by atoms with Crippen molar-refractivity contribution in [2.75, 3.05) is 20.4 Å². The number of esters is 1. The zero-order chi connectivity index (χ0) is 22.7. The molecule has 0 saturated carbocycles. The maximum atomic E-state index is 12.3. The van der Waals surface area contributed by atoms with Gasteiger partial charge in [0.15, 0.2) is 0 Å². The smallest absolute Gasteiger partial charge is 0.412 e. The number of amides is 2. The van der Waals surface area contributed by atoms with Gasteiger partial charge in [0, 0.05) is 31.9 Å². The monoisotopic (exact) mass is 423 g/mol. The molecule has 1 rings (SSSR count). The average Bonchev–Trinajstić information content (AvgIpc) is 2.64. The van der Waals surface area contributed by atoms with Gasteiger partial charge in [-0.25, -0.2) is 14.4 Å². The van der Waals surface area contributed by atoms with Crippen LogP contribution in [0.3, 0.4) is 0 Å². The van der Waals surface area contributed by atoms with Crippen LogP contribution >= 0.6 is 0 Å². The van der Waals surface area contributed by atoms with Crippen LogP contribution < -0.4 is 5.32 Å². The van der Waals surface area contributed by atoms with Gasteiger partial charge in [-0.05, 0) is 45.2 Å². The second kappa shape index (κ2) is 12.0. The Kier molecular flexibility index (Phi) is 10.1. The molecule has 0 fully saturated rings. The molecule has 0 aliphatic heterocycles. The molecule has 0 aliphatic carbocycles. The zero-order valence-electron chi connectivity index (χ0n) is 18.6. The van der Waals surface area contributed by atoms with Crippen LogP contribution in [0.2, 0.25) is 0 Å². The maximum Gasteiger partial charge on any atom is 0.412 e. The van der Waals surface area contributed by atoms with Crippen molar-refractivity contribution >= 4 is 18.2 Å². The first kappa shape index (κ1) is 25.2. The standard InChI is InChI=1S/C21H33N3O6/c1-15(2)13-17(23-19(26)30-21(3,4)5)18(25)28-14-29-20(27)24(6)12-10-16-9-7-8-11-22-16/h7-9,11,15,17H,10,12-14H2,1-6H3,(H,23,26)/t17-/m0/s1. The van der Waals surface area contributed by atoms with Gasteiger partial charge in [0.05, 0.1) is 0 Å². The summed E-state index contributed by atoms with van der Waals surface area (Å²) in [7, 11) is 1.58. The van der Waals surface area contributed by atoms with E-state index in [0.717, 1.165) is 5.69 Å². The highest BCUT2D eigenvalue weighted by Gasteiger charge is 2.26. The second-order valence-electron chi connectivity index (χ2n) is 8.31. The Morgan fingerprint density at radius 1 is 1.17 bits per heavy atom. The van der Waals surface area contributed by atoms with Crippen molar-refractivity contribution in [2.45, 2.75) is 59.1 Å². The maximum absolute atomic E-state index is 12.3. The van der Waals surface area contributed by atoms with E-state index in [-0.39, 0.29) is 5.92 Å². The molecule has 30 heavy (non-hydrogen) atoms. The molecular formula is C21H33N3O6. The number of rotatable bonds is 9. The Labute approximate surface area is 178 Å². The summed E-state index contributed by atoms with van der Waals surface area (Å²) < 4.78 is 15.2. The Bertz CT molecular complexity index is 688. The van der Waals surface area contributed by atoms with Crippen LogP contribution in [0.4, 0.5) is 9.59 Å². The molecule has 0 bridgehead atoms. The molecule has 0 aromatic carbocycles.